The second-order valence-corrected chi connectivity index (χ2v) is 18.9. The molecule has 51 heavy (non-hydrogen) atoms. The van der Waals surface area contributed by atoms with Gasteiger partial charge in [-0.05, 0) is 130 Å². The van der Waals surface area contributed by atoms with Gasteiger partial charge >= 0.3 is 0 Å². The van der Waals surface area contributed by atoms with Gasteiger partial charge in [0.05, 0.1) is 36.2 Å². The first-order valence-electron chi connectivity index (χ1n) is 19.3. The van der Waals surface area contributed by atoms with Gasteiger partial charge in [-0.1, -0.05) is 37.1 Å². The third-order valence-electron chi connectivity index (χ3n) is 13.0. The van der Waals surface area contributed by atoms with Crippen LogP contribution in [0.25, 0.3) is 0 Å². The fourth-order valence-corrected chi connectivity index (χ4v) is 11.1. The molecule has 3 aliphatic heterocycles. The van der Waals surface area contributed by atoms with Crippen LogP contribution in [0.15, 0.2) is 36.4 Å². The highest BCUT2D eigenvalue weighted by Crippen LogP contribution is 2.50. The van der Waals surface area contributed by atoms with E-state index in [0.717, 1.165) is 99.6 Å². The zero-order valence-corrected chi connectivity index (χ0v) is 32.0. The number of hydrogen-bond acceptors (Lipinski definition) is 7. The molecule has 7 rings (SSSR count). The third-order valence-corrected chi connectivity index (χ3v) is 15.2. The van der Waals surface area contributed by atoms with Gasteiger partial charge in [0.2, 0.25) is 15.9 Å². The Morgan fingerprint density at radius 1 is 1.02 bits per heavy atom. The molecule has 2 bridgehead atoms. The number of nitrogens with zero attached hydrogens (tertiary/aromatic N) is 2. The maximum Gasteiger partial charge on any atom is 0.225 e. The highest BCUT2D eigenvalue weighted by Gasteiger charge is 2.50. The van der Waals surface area contributed by atoms with Crippen molar-refractivity contribution in [2.45, 2.75) is 114 Å². The molecule has 6 atom stereocenters. The van der Waals surface area contributed by atoms with Gasteiger partial charge in [0.1, 0.15) is 12.5 Å². The Morgan fingerprint density at radius 2 is 1.84 bits per heavy atom. The summed E-state index contributed by atoms with van der Waals surface area (Å²) in [6.07, 6.45) is 9.95. The normalized spacial score (nSPS) is 33.0. The van der Waals surface area contributed by atoms with Crippen LogP contribution in [0.4, 0.5) is 5.69 Å². The van der Waals surface area contributed by atoms with Crippen LogP contribution in [-0.2, 0) is 38.0 Å². The van der Waals surface area contributed by atoms with E-state index in [2.05, 4.69) is 27.8 Å². The molecule has 0 unspecified atom stereocenters. The quantitative estimate of drug-likeness (QED) is 0.359. The van der Waals surface area contributed by atoms with E-state index in [1.165, 1.54) is 11.1 Å². The monoisotopic (exact) mass is 741 g/mol. The number of amides is 1. The number of hydrogen-bond donors (Lipinski definition) is 2. The average molecular weight is 742 g/mol. The zero-order chi connectivity index (χ0) is 35.8. The van der Waals surface area contributed by atoms with Gasteiger partial charge in [0.25, 0.3) is 0 Å². The summed E-state index contributed by atoms with van der Waals surface area (Å²) in [5.74, 6) is 0.905. The summed E-state index contributed by atoms with van der Waals surface area (Å²) >= 11 is 6.48. The average Bonchev–Trinajstić information content (AvgIpc) is 3.24. The van der Waals surface area contributed by atoms with Crippen molar-refractivity contribution in [3.05, 3.63) is 58.1 Å². The number of rotatable bonds is 2. The highest BCUT2D eigenvalue weighted by atomic mass is 35.5. The second kappa shape index (κ2) is 15.2. The molecule has 5 aliphatic rings. The zero-order valence-electron chi connectivity index (χ0n) is 30.4. The number of aryl methyl sites for hydroxylation is 1. The lowest BCUT2D eigenvalue weighted by Crippen LogP contribution is -2.54. The predicted octanol–water partition coefficient (Wildman–Crippen LogP) is 6.58. The summed E-state index contributed by atoms with van der Waals surface area (Å²) in [5, 5.41) is 12.8. The Hall–Kier alpha value is -2.37. The van der Waals surface area contributed by atoms with Crippen LogP contribution in [0.5, 0.6) is 5.75 Å². The van der Waals surface area contributed by atoms with Gasteiger partial charge in [-0.15, -0.1) is 0 Å². The number of likely N-dealkylation sites (tertiary alicyclic amines) is 1. The Balaban J connectivity index is 1.24. The van der Waals surface area contributed by atoms with Crippen molar-refractivity contribution in [3.63, 3.8) is 0 Å². The number of benzene rings is 2. The maximum atomic E-state index is 13.8. The Kier molecular flexibility index (Phi) is 11.0. The van der Waals surface area contributed by atoms with Gasteiger partial charge in [0, 0.05) is 36.6 Å². The minimum absolute atomic E-state index is 0.0317. The number of ether oxygens (including phenoxy) is 2. The van der Waals surface area contributed by atoms with Gasteiger partial charge in [0.15, 0.2) is 0 Å². The molecular weight excluding hydrogens is 686 g/mol. The number of aliphatic hydroxyl groups is 1. The molecule has 11 heteroatoms. The van der Waals surface area contributed by atoms with Crippen molar-refractivity contribution < 1.29 is 27.8 Å². The van der Waals surface area contributed by atoms with Crippen molar-refractivity contribution in [3.8, 4) is 5.75 Å². The number of nitrogens with one attached hydrogen (secondary N) is 1. The van der Waals surface area contributed by atoms with Crippen LogP contribution in [0.3, 0.4) is 0 Å². The van der Waals surface area contributed by atoms with E-state index in [4.69, 9.17) is 21.1 Å². The minimum Gasteiger partial charge on any atom is -0.490 e. The van der Waals surface area contributed by atoms with Crippen molar-refractivity contribution in [2.75, 3.05) is 44.4 Å². The molecule has 2 aromatic carbocycles. The van der Waals surface area contributed by atoms with Gasteiger partial charge < -0.3 is 24.4 Å². The minimum atomic E-state index is -3.62. The van der Waals surface area contributed by atoms with Crippen LogP contribution in [-0.4, -0.2) is 74.7 Å². The predicted molar refractivity (Wildman–Crippen MR) is 201 cm³/mol. The van der Waals surface area contributed by atoms with Gasteiger partial charge in [-0.3, -0.25) is 4.79 Å². The molecule has 9 nitrogen and oxygen atoms in total. The molecule has 1 saturated heterocycles. The van der Waals surface area contributed by atoms with Crippen LogP contribution < -0.4 is 14.4 Å². The van der Waals surface area contributed by atoms with Gasteiger partial charge in [-0.25, -0.2) is 8.42 Å². The summed E-state index contributed by atoms with van der Waals surface area (Å²) in [4.78, 5) is 18.2. The van der Waals surface area contributed by atoms with Crippen molar-refractivity contribution in [1.82, 2.24) is 9.62 Å². The van der Waals surface area contributed by atoms with E-state index >= 15 is 0 Å². The van der Waals surface area contributed by atoms with E-state index in [1.807, 2.05) is 30.0 Å². The number of sulfonamides is 1. The largest absolute Gasteiger partial charge is 0.490 e. The number of anilines is 1. The fourth-order valence-electron chi connectivity index (χ4n) is 9.64. The third kappa shape index (κ3) is 7.82. The number of piperidine rings is 1. The molecule has 1 amide bonds. The number of halogens is 1. The molecule has 0 radical (unpaired) electrons. The summed E-state index contributed by atoms with van der Waals surface area (Å²) in [5.41, 5.74) is 3.14. The standard InChI is InChI=1S/C40H56ClN3O6S/c1-28-8-6-17-40(46,22-38(45)43-18-4-3-5-19-43)35-13-11-32(35)23-44-25-39(16-7-9-31-21-33(41)12-14-34(31)39)26-50-37-15-10-30(20-36(37)44)24-49-27-42-51(47,48)29(28)2/h10,12,14-15,20-21,28-29,32,35,42,46H,3-9,11,13,16-19,22-27H2,1-2H3/t28-,29+,32-,35+,39-,40-/m0/s1. The Bertz CT molecular complexity index is 1680. The van der Waals surface area contributed by atoms with Crippen molar-refractivity contribution in [1.29, 1.82) is 0 Å². The van der Waals surface area contributed by atoms with Crippen molar-refractivity contribution >= 4 is 33.2 Å². The fraction of sp³-hybridized carbons (Fsp3) is 0.675. The second-order valence-electron chi connectivity index (χ2n) is 16.3. The van der Waals surface area contributed by atoms with E-state index in [1.54, 1.807) is 6.92 Å². The molecular formula is C40H56ClN3O6S. The molecule has 3 heterocycles. The lowest BCUT2D eigenvalue weighted by molar-refractivity contribution is -0.146. The van der Waals surface area contributed by atoms with Gasteiger partial charge in [-0.2, -0.15) is 4.72 Å². The molecule has 2 aromatic rings. The highest BCUT2D eigenvalue weighted by molar-refractivity contribution is 7.90. The molecule has 2 aliphatic carbocycles. The van der Waals surface area contributed by atoms with Crippen LogP contribution in [0, 0.1) is 17.8 Å². The topological polar surface area (TPSA) is 108 Å². The molecule has 2 fully saturated rings. The van der Waals surface area contributed by atoms with E-state index in [0.29, 0.717) is 25.9 Å². The summed E-state index contributed by atoms with van der Waals surface area (Å²) in [7, 11) is -3.62. The van der Waals surface area contributed by atoms with Crippen LogP contribution >= 0.6 is 11.6 Å². The number of carbonyl (C=O) groups is 1. The van der Waals surface area contributed by atoms with Crippen molar-refractivity contribution in [2.24, 2.45) is 17.8 Å². The Labute approximate surface area is 309 Å². The van der Waals surface area contributed by atoms with Crippen LogP contribution in [0.2, 0.25) is 5.02 Å². The number of fused-ring (bicyclic) bond motifs is 4. The number of carbonyl (C=O) groups excluding carboxylic acids is 1. The summed E-state index contributed by atoms with van der Waals surface area (Å²) in [6.45, 7) is 7.44. The molecule has 280 valence electrons. The molecule has 1 saturated carbocycles. The lowest BCUT2D eigenvalue weighted by Gasteiger charge is -2.50. The summed E-state index contributed by atoms with van der Waals surface area (Å²) < 4.78 is 41.7. The molecule has 2 N–H and O–H groups in total. The first-order valence-corrected chi connectivity index (χ1v) is 21.2. The smallest absolute Gasteiger partial charge is 0.225 e. The van der Waals surface area contributed by atoms with E-state index < -0.39 is 20.9 Å². The van der Waals surface area contributed by atoms with E-state index in [-0.39, 0.29) is 48.8 Å². The molecule has 1 spiro atoms. The summed E-state index contributed by atoms with van der Waals surface area (Å²) in [6, 6.07) is 12.4. The van der Waals surface area contributed by atoms with Crippen LogP contribution in [0.1, 0.15) is 101 Å². The lowest BCUT2D eigenvalue weighted by atomic mass is 9.61. The molecule has 0 aromatic heterocycles. The first kappa shape index (κ1) is 37.0. The first-order chi connectivity index (χ1) is 24.5. The Morgan fingerprint density at radius 3 is 2.63 bits per heavy atom. The SMILES string of the molecule is C[C@@H]1[C@@H](C)CCC[C@](O)(CC(=O)N2CCCCC2)[C@@H]2CC[C@H]2CN2C[C@@]3(CCCc4cc(Cl)ccc43)COc3ccc(cc32)COCNS1(=O)=O. The maximum absolute atomic E-state index is 13.8. The van der Waals surface area contributed by atoms with E-state index in [9.17, 15) is 18.3 Å².